The van der Waals surface area contributed by atoms with E-state index in [1.165, 1.54) is 44.1 Å². The Bertz CT molecular complexity index is 500. The summed E-state index contributed by atoms with van der Waals surface area (Å²) in [5.74, 6) is -0.304. The first kappa shape index (κ1) is 21.0. The zero-order chi connectivity index (χ0) is 18.3. The second kappa shape index (κ2) is 13.3. The van der Waals surface area contributed by atoms with E-state index >= 15 is 0 Å². The molecule has 1 aromatic carbocycles. The van der Waals surface area contributed by atoms with Crippen LogP contribution in [0.2, 0.25) is 0 Å². The molecule has 0 atom stereocenters. The molecule has 0 fully saturated rings. The van der Waals surface area contributed by atoms with Crippen LogP contribution in [0.5, 0.6) is 0 Å². The van der Waals surface area contributed by atoms with Crippen LogP contribution >= 0.6 is 0 Å². The molecular weight excluding hydrogens is 316 g/mol. The summed E-state index contributed by atoms with van der Waals surface area (Å²) in [7, 11) is 0. The molecule has 0 aromatic heterocycles. The van der Waals surface area contributed by atoms with Crippen molar-refractivity contribution in [2.75, 3.05) is 18.5 Å². The molecule has 0 heterocycles. The van der Waals surface area contributed by atoms with E-state index < -0.39 is 0 Å². The van der Waals surface area contributed by atoms with E-state index in [4.69, 9.17) is 4.74 Å². The van der Waals surface area contributed by atoms with Gasteiger partial charge in [-0.05, 0) is 37.5 Å². The first-order valence-electron chi connectivity index (χ1n) is 9.45. The van der Waals surface area contributed by atoms with E-state index in [0.717, 1.165) is 12.1 Å². The van der Waals surface area contributed by atoms with Gasteiger partial charge in [-0.25, -0.2) is 4.79 Å². The maximum Gasteiger partial charge on any atom is 0.319 e. The second-order valence-electron chi connectivity index (χ2n) is 6.15. The minimum Gasteiger partial charge on any atom is -0.466 e. The number of aryl methyl sites for hydroxylation is 1. The molecule has 0 bridgehead atoms. The van der Waals surface area contributed by atoms with Crippen LogP contribution in [0.3, 0.4) is 0 Å². The maximum atomic E-state index is 11.8. The average Bonchev–Trinajstić information content (AvgIpc) is 2.59. The fourth-order valence-electron chi connectivity index (χ4n) is 2.55. The van der Waals surface area contributed by atoms with Gasteiger partial charge in [0, 0.05) is 12.2 Å². The Balaban J connectivity index is 2.20. The van der Waals surface area contributed by atoms with Gasteiger partial charge in [0.05, 0.1) is 13.0 Å². The number of nitrogens with one attached hydrogen (secondary N) is 2. The highest BCUT2D eigenvalue weighted by molar-refractivity contribution is 5.89. The van der Waals surface area contributed by atoms with Gasteiger partial charge >= 0.3 is 12.0 Å². The lowest BCUT2D eigenvalue weighted by Gasteiger charge is -2.08. The van der Waals surface area contributed by atoms with Crippen molar-refractivity contribution in [3.8, 4) is 0 Å². The Hall–Kier alpha value is -2.04. The molecule has 5 nitrogen and oxygen atoms in total. The predicted octanol–water partition coefficient (Wildman–Crippen LogP) is 4.66. The smallest absolute Gasteiger partial charge is 0.319 e. The van der Waals surface area contributed by atoms with Gasteiger partial charge in [0.2, 0.25) is 0 Å². The Kier molecular flexibility index (Phi) is 11.2. The van der Waals surface area contributed by atoms with Crippen LogP contribution in [0.1, 0.15) is 64.4 Å². The number of carbonyl (C=O) groups excluding carboxylic acids is 2. The number of benzene rings is 1. The average molecular weight is 348 g/mol. The van der Waals surface area contributed by atoms with Gasteiger partial charge in [-0.1, -0.05) is 51.2 Å². The van der Waals surface area contributed by atoms with E-state index in [-0.39, 0.29) is 25.0 Å². The van der Waals surface area contributed by atoms with Crippen LogP contribution in [0.25, 0.3) is 0 Å². The quantitative estimate of drug-likeness (QED) is 0.426. The van der Waals surface area contributed by atoms with E-state index in [2.05, 4.69) is 29.7 Å². The molecule has 0 aliphatic carbocycles. The van der Waals surface area contributed by atoms with Crippen molar-refractivity contribution < 1.29 is 14.3 Å². The number of unbranched alkanes of at least 4 members (excludes halogenated alkanes) is 5. The Morgan fingerprint density at radius 3 is 2.32 bits per heavy atom. The van der Waals surface area contributed by atoms with Crippen molar-refractivity contribution in [1.29, 1.82) is 0 Å². The second-order valence-corrected chi connectivity index (χ2v) is 6.15. The number of hydrogen-bond acceptors (Lipinski definition) is 3. The summed E-state index contributed by atoms with van der Waals surface area (Å²) in [6.45, 7) is 4.61. The zero-order valence-electron chi connectivity index (χ0n) is 15.6. The molecule has 0 unspecified atom stereocenters. The molecule has 0 aliphatic heterocycles. The number of esters is 1. The van der Waals surface area contributed by atoms with Crippen molar-refractivity contribution in [3.63, 3.8) is 0 Å². The summed E-state index contributed by atoms with van der Waals surface area (Å²) < 4.78 is 4.80. The molecule has 0 saturated heterocycles. The minimum atomic E-state index is -0.312. The van der Waals surface area contributed by atoms with Crippen LogP contribution in [0.15, 0.2) is 24.3 Å². The van der Waals surface area contributed by atoms with Gasteiger partial charge in [-0.2, -0.15) is 0 Å². The molecule has 0 radical (unpaired) electrons. The first-order chi connectivity index (χ1) is 12.2. The van der Waals surface area contributed by atoms with Gasteiger partial charge < -0.3 is 15.4 Å². The molecule has 25 heavy (non-hydrogen) atoms. The summed E-state index contributed by atoms with van der Waals surface area (Å²) >= 11 is 0. The zero-order valence-corrected chi connectivity index (χ0v) is 15.6. The molecule has 1 rings (SSSR count). The van der Waals surface area contributed by atoms with Crippen molar-refractivity contribution in [2.45, 2.75) is 65.2 Å². The molecule has 0 aliphatic rings. The fourth-order valence-corrected chi connectivity index (χ4v) is 2.55. The standard InChI is InChI=1S/C20H32N2O3/c1-3-5-6-7-8-9-10-17-11-13-18(14-12-17)22-20(24)21-16-15-19(23)25-4-2/h11-14H,3-10,15-16H2,1-2H3,(H2,21,22,24). The number of urea groups is 1. The third kappa shape index (κ3) is 10.4. The van der Waals surface area contributed by atoms with Crippen molar-refractivity contribution in [3.05, 3.63) is 29.8 Å². The minimum absolute atomic E-state index is 0.179. The molecule has 0 spiro atoms. The van der Waals surface area contributed by atoms with Crippen LogP contribution in [0.4, 0.5) is 10.5 Å². The van der Waals surface area contributed by atoms with E-state index in [1.807, 2.05) is 12.1 Å². The predicted molar refractivity (Wildman–Crippen MR) is 102 cm³/mol. The Morgan fingerprint density at radius 2 is 1.64 bits per heavy atom. The van der Waals surface area contributed by atoms with Gasteiger partial charge in [0.1, 0.15) is 0 Å². The molecule has 2 N–H and O–H groups in total. The summed E-state index contributed by atoms with van der Waals surface area (Å²) in [5, 5.41) is 5.41. The van der Waals surface area contributed by atoms with Crippen molar-refractivity contribution >= 4 is 17.7 Å². The number of hydrogen-bond donors (Lipinski definition) is 2. The lowest BCUT2D eigenvalue weighted by Crippen LogP contribution is -2.30. The van der Waals surface area contributed by atoms with Crippen molar-refractivity contribution in [2.24, 2.45) is 0 Å². The maximum absolute atomic E-state index is 11.8. The Labute approximate surface area is 151 Å². The summed E-state index contributed by atoms with van der Waals surface area (Å²) in [5.41, 5.74) is 2.05. The number of ether oxygens (including phenoxy) is 1. The summed E-state index contributed by atoms with van der Waals surface area (Å²) in [6, 6.07) is 7.63. The van der Waals surface area contributed by atoms with E-state index in [9.17, 15) is 9.59 Å². The topological polar surface area (TPSA) is 67.4 Å². The van der Waals surface area contributed by atoms with Gasteiger partial charge in [-0.3, -0.25) is 4.79 Å². The van der Waals surface area contributed by atoms with Crippen LogP contribution < -0.4 is 10.6 Å². The van der Waals surface area contributed by atoms with Crippen LogP contribution in [-0.2, 0) is 16.0 Å². The molecule has 2 amide bonds. The highest BCUT2D eigenvalue weighted by Gasteiger charge is 2.05. The first-order valence-corrected chi connectivity index (χ1v) is 9.45. The lowest BCUT2D eigenvalue weighted by atomic mass is 10.0. The van der Waals surface area contributed by atoms with Crippen molar-refractivity contribution in [1.82, 2.24) is 5.32 Å². The highest BCUT2D eigenvalue weighted by Crippen LogP contribution is 2.13. The summed E-state index contributed by atoms with van der Waals surface area (Å²) in [6.07, 6.45) is 9.03. The highest BCUT2D eigenvalue weighted by atomic mass is 16.5. The van der Waals surface area contributed by atoms with Gasteiger partial charge in [0.25, 0.3) is 0 Å². The number of carbonyl (C=O) groups is 2. The molecule has 140 valence electrons. The molecule has 5 heteroatoms. The number of anilines is 1. The van der Waals surface area contributed by atoms with Crippen LogP contribution in [-0.4, -0.2) is 25.2 Å². The normalized spacial score (nSPS) is 10.3. The number of amides is 2. The third-order valence-electron chi connectivity index (χ3n) is 3.95. The lowest BCUT2D eigenvalue weighted by molar-refractivity contribution is -0.142. The van der Waals surface area contributed by atoms with E-state index in [0.29, 0.717) is 6.61 Å². The van der Waals surface area contributed by atoms with Gasteiger partial charge in [-0.15, -0.1) is 0 Å². The third-order valence-corrected chi connectivity index (χ3v) is 3.95. The monoisotopic (exact) mass is 348 g/mol. The Morgan fingerprint density at radius 1 is 0.960 bits per heavy atom. The largest absolute Gasteiger partial charge is 0.466 e. The molecule has 1 aromatic rings. The number of rotatable bonds is 12. The molecular formula is C20H32N2O3. The fraction of sp³-hybridized carbons (Fsp3) is 0.600. The SMILES string of the molecule is CCCCCCCCc1ccc(NC(=O)NCCC(=O)OCC)cc1. The van der Waals surface area contributed by atoms with Crippen LogP contribution in [0, 0.1) is 0 Å². The summed E-state index contributed by atoms with van der Waals surface area (Å²) in [4.78, 5) is 22.9. The van der Waals surface area contributed by atoms with Gasteiger partial charge in [0.15, 0.2) is 0 Å². The van der Waals surface area contributed by atoms with E-state index in [1.54, 1.807) is 6.92 Å². The molecule has 0 saturated carbocycles.